The fourth-order valence-corrected chi connectivity index (χ4v) is 5.27. The number of nitrogens with one attached hydrogen (secondary N) is 2. The topological polar surface area (TPSA) is 95.6 Å². The quantitative estimate of drug-likeness (QED) is 0.682. The van der Waals surface area contributed by atoms with Crippen molar-refractivity contribution in [1.82, 2.24) is 4.31 Å². The molecular weight excluding hydrogens is 426 g/mol. The Kier molecular flexibility index (Phi) is 7.36. The van der Waals surface area contributed by atoms with Gasteiger partial charge in [0.1, 0.15) is 0 Å². The molecular formula is C24H31N3O4S. The fourth-order valence-electron chi connectivity index (χ4n) is 3.80. The zero-order chi connectivity index (χ0) is 23.5. The first-order chi connectivity index (χ1) is 15.1. The average Bonchev–Trinajstić information content (AvgIpc) is 2.75. The Morgan fingerprint density at radius 1 is 1.00 bits per heavy atom. The number of anilines is 2. The van der Waals surface area contributed by atoms with Gasteiger partial charge >= 0.3 is 0 Å². The molecule has 0 spiro atoms. The van der Waals surface area contributed by atoms with E-state index in [1.807, 2.05) is 25.1 Å². The highest BCUT2D eigenvalue weighted by molar-refractivity contribution is 7.89. The van der Waals surface area contributed by atoms with Crippen LogP contribution in [0.1, 0.15) is 50.7 Å². The predicted molar refractivity (Wildman–Crippen MR) is 126 cm³/mol. The van der Waals surface area contributed by atoms with Crippen LogP contribution in [0.2, 0.25) is 0 Å². The van der Waals surface area contributed by atoms with E-state index in [1.54, 1.807) is 24.3 Å². The number of sulfonamides is 1. The molecule has 1 saturated heterocycles. The maximum Gasteiger partial charge on any atom is 0.243 e. The monoisotopic (exact) mass is 457 g/mol. The van der Waals surface area contributed by atoms with Gasteiger partial charge in [0.05, 0.1) is 4.90 Å². The first-order valence-electron chi connectivity index (χ1n) is 10.9. The minimum absolute atomic E-state index is 0.133. The van der Waals surface area contributed by atoms with Gasteiger partial charge in [-0.25, -0.2) is 8.42 Å². The van der Waals surface area contributed by atoms with Gasteiger partial charge in [0, 0.05) is 37.3 Å². The molecule has 2 amide bonds. The van der Waals surface area contributed by atoms with Crippen LogP contribution in [0.5, 0.6) is 0 Å². The van der Waals surface area contributed by atoms with Gasteiger partial charge in [-0.15, -0.1) is 0 Å². The summed E-state index contributed by atoms with van der Waals surface area (Å²) in [5.74, 6) is -0.248. The Labute approximate surface area is 190 Å². The van der Waals surface area contributed by atoms with Crippen molar-refractivity contribution in [1.29, 1.82) is 0 Å². The van der Waals surface area contributed by atoms with Crippen molar-refractivity contribution in [2.45, 2.75) is 51.3 Å². The number of amides is 2. The lowest BCUT2D eigenvalue weighted by Gasteiger charge is -2.30. The van der Waals surface area contributed by atoms with Gasteiger partial charge in [-0.05, 0) is 61.1 Å². The maximum atomic E-state index is 13.0. The number of benzene rings is 2. The SMILES string of the molecule is CC(=O)Nc1ccc(C)c(NC(=O)C2CCN(S(=O)(=O)c3ccc(C(C)C)cc3)CC2)c1. The average molecular weight is 458 g/mol. The smallest absolute Gasteiger partial charge is 0.243 e. The minimum Gasteiger partial charge on any atom is -0.326 e. The fraction of sp³-hybridized carbons (Fsp3) is 0.417. The number of nitrogens with zero attached hydrogens (tertiary/aromatic N) is 1. The summed E-state index contributed by atoms with van der Waals surface area (Å²) < 4.78 is 27.5. The lowest BCUT2D eigenvalue weighted by atomic mass is 9.97. The van der Waals surface area contributed by atoms with Gasteiger partial charge in [0.15, 0.2) is 0 Å². The highest BCUT2D eigenvalue weighted by Gasteiger charge is 2.32. The standard InChI is InChI=1S/C24H31N3O4S/c1-16(2)19-6-9-22(10-7-19)32(30,31)27-13-11-20(12-14-27)24(29)26-23-15-21(25-18(4)28)8-5-17(23)3/h5-10,15-16,20H,11-14H2,1-4H3,(H,25,28)(H,26,29). The molecule has 0 radical (unpaired) electrons. The van der Waals surface area contributed by atoms with Crippen LogP contribution >= 0.6 is 0 Å². The number of aryl methyl sites for hydroxylation is 1. The van der Waals surface area contributed by atoms with Gasteiger partial charge in [-0.2, -0.15) is 4.31 Å². The molecule has 0 aliphatic carbocycles. The number of carbonyl (C=O) groups is 2. The molecule has 0 unspecified atom stereocenters. The number of hydrogen-bond acceptors (Lipinski definition) is 4. The lowest BCUT2D eigenvalue weighted by Crippen LogP contribution is -2.41. The van der Waals surface area contributed by atoms with E-state index >= 15 is 0 Å². The Hall–Kier alpha value is -2.71. The van der Waals surface area contributed by atoms with Crippen molar-refractivity contribution in [2.24, 2.45) is 5.92 Å². The van der Waals surface area contributed by atoms with Crippen molar-refractivity contribution in [3.63, 3.8) is 0 Å². The van der Waals surface area contributed by atoms with E-state index in [9.17, 15) is 18.0 Å². The zero-order valence-corrected chi connectivity index (χ0v) is 19.8. The summed E-state index contributed by atoms with van der Waals surface area (Å²) in [6, 6.07) is 12.4. The van der Waals surface area contributed by atoms with Gasteiger partial charge < -0.3 is 10.6 Å². The van der Waals surface area contributed by atoms with Crippen LogP contribution in [0.15, 0.2) is 47.4 Å². The van der Waals surface area contributed by atoms with Crippen LogP contribution in [0, 0.1) is 12.8 Å². The van der Waals surface area contributed by atoms with Crippen LogP contribution < -0.4 is 10.6 Å². The summed E-state index contributed by atoms with van der Waals surface area (Å²) in [4.78, 5) is 24.4. The highest BCUT2D eigenvalue weighted by atomic mass is 32.2. The lowest BCUT2D eigenvalue weighted by molar-refractivity contribution is -0.121. The summed E-state index contributed by atoms with van der Waals surface area (Å²) in [5, 5.41) is 5.65. The van der Waals surface area contributed by atoms with Crippen LogP contribution in [0.25, 0.3) is 0 Å². The van der Waals surface area contributed by atoms with E-state index < -0.39 is 10.0 Å². The van der Waals surface area contributed by atoms with Gasteiger partial charge in [-0.1, -0.05) is 32.0 Å². The molecule has 7 nitrogen and oxygen atoms in total. The Morgan fingerprint density at radius 3 is 2.19 bits per heavy atom. The second kappa shape index (κ2) is 9.83. The van der Waals surface area contributed by atoms with Gasteiger partial charge in [0.2, 0.25) is 21.8 Å². The molecule has 3 rings (SSSR count). The zero-order valence-electron chi connectivity index (χ0n) is 19.0. The normalized spacial score (nSPS) is 15.5. The number of hydrogen-bond donors (Lipinski definition) is 2. The summed E-state index contributed by atoms with van der Waals surface area (Å²) in [6.07, 6.45) is 0.916. The first kappa shape index (κ1) is 23.9. The maximum absolute atomic E-state index is 13.0. The van der Waals surface area contributed by atoms with Crippen LogP contribution in [-0.4, -0.2) is 37.6 Å². The van der Waals surface area contributed by atoms with Crippen molar-refractivity contribution >= 4 is 33.2 Å². The van der Waals surface area contributed by atoms with E-state index in [1.165, 1.54) is 11.2 Å². The number of rotatable bonds is 6. The summed E-state index contributed by atoms with van der Waals surface area (Å²) in [5.41, 5.74) is 3.24. The van der Waals surface area contributed by atoms with Gasteiger partial charge in [-0.3, -0.25) is 9.59 Å². The highest BCUT2D eigenvalue weighted by Crippen LogP contribution is 2.27. The van der Waals surface area contributed by atoms with E-state index in [2.05, 4.69) is 24.5 Å². The van der Waals surface area contributed by atoms with Crippen molar-refractivity contribution in [3.05, 3.63) is 53.6 Å². The molecule has 1 fully saturated rings. The molecule has 172 valence electrons. The molecule has 0 atom stereocenters. The molecule has 1 heterocycles. The van der Waals surface area contributed by atoms with Crippen molar-refractivity contribution in [2.75, 3.05) is 23.7 Å². The molecule has 0 saturated carbocycles. The predicted octanol–water partition coefficient (Wildman–Crippen LogP) is 4.12. The minimum atomic E-state index is -3.57. The summed E-state index contributed by atoms with van der Waals surface area (Å²) >= 11 is 0. The van der Waals surface area contributed by atoms with Crippen molar-refractivity contribution in [3.8, 4) is 0 Å². The third-order valence-electron chi connectivity index (χ3n) is 5.83. The molecule has 2 aromatic rings. The van der Waals surface area contributed by atoms with E-state index in [-0.39, 0.29) is 22.6 Å². The molecule has 8 heteroatoms. The van der Waals surface area contributed by atoms with E-state index in [4.69, 9.17) is 0 Å². The van der Waals surface area contributed by atoms with Crippen LogP contribution in [-0.2, 0) is 19.6 Å². The largest absolute Gasteiger partial charge is 0.326 e. The Bertz CT molecular complexity index is 1090. The molecule has 2 N–H and O–H groups in total. The molecule has 32 heavy (non-hydrogen) atoms. The molecule has 0 bridgehead atoms. The van der Waals surface area contributed by atoms with E-state index in [0.717, 1.165) is 11.1 Å². The number of piperidine rings is 1. The number of carbonyl (C=O) groups excluding carboxylic acids is 2. The Morgan fingerprint density at radius 2 is 1.62 bits per heavy atom. The summed E-state index contributed by atoms with van der Waals surface area (Å²) in [7, 11) is -3.57. The van der Waals surface area contributed by atoms with Crippen molar-refractivity contribution < 1.29 is 18.0 Å². The Balaban J connectivity index is 1.63. The second-order valence-corrected chi connectivity index (χ2v) is 10.5. The van der Waals surface area contributed by atoms with Crippen LogP contribution in [0.4, 0.5) is 11.4 Å². The third kappa shape index (κ3) is 5.55. The third-order valence-corrected chi connectivity index (χ3v) is 7.74. The molecule has 2 aromatic carbocycles. The van der Waals surface area contributed by atoms with E-state index in [0.29, 0.717) is 43.2 Å². The van der Waals surface area contributed by atoms with Crippen LogP contribution in [0.3, 0.4) is 0 Å². The molecule has 1 aliphatic heterocycles. The summed E-state index contributed by atoms with van der Waals surface area (Å²) in [6.45, 7) is 8.05. The molecule has 0 aromatic heterocycles. The second-order valence-electron chi connectivity index (χ2n) is 8.60. The first-order valence-corrected chi connectivity index (χ1v) is 12.3. The van der Waals surface area contributed by atoms with Gasteiger partial charge in [0.25, 0.3) is 0 Å². The molecule has 1 aliphatic rings.